The minimum absolute atomic E-state index is 0.0902. The first kappa shape index (κ1) is 17.4. The van der Waals surface area contributed by atoms with Crippen LogP contribution in [0.1, 0.15) is 16.8 Å². The number of hydrogen-bond acceptors (Lipinski definition) is 4. The molecule has 0 aliphatic heterocycles. The lowest BCUT2D eigenvalue weighted by Crippen LogP contribution is -2.19. The molecule has 0 aromatic heterocycles. The van der Waals surface area contributed by atoms with Gasteiger partial charge in [0, 0.05) is 19.0 Å². The number of anilines is 2. The van der Waals surface area contributed by atoms with Gasteiger partial charge in [0.15, 0.2) is 0 Å². The highest BCUT2D eigenvalue weighted by molar-refractivity contribution is 6.07. The second kappa shape index (κ2) is 8.07. The van der Waals surface area contributed by atoms with Crippen molar-refractivity contribution in [3.05, 3.63) is 53.8 Å². The molecule has 0 bridgehead atoms. The van der Waals surface area contributed by atoms with Crippen molar-refractivity contribution in [2.45, 2.75) is 6.42 Å². The summed E-state index contributed by atoms with van der Waals surface area (Å²) in [6.07, 6.45) is 0.137. The van der Waals surface area contributed by atoms with Crippen LogP contribution in [0.15, 0.2) is 42.5 Å². The average molecular weight is 331 g/mol. The minimum Gasteiger partial charge on any atom is -0.497 e. The first-order chi connectivity index (χ1) is 11.5. The third-order valence-corrected chi connectivity index (χ3v) is 3.24. The van der Waals surface area contributed by atoms with Crippen molar-refractivity contribution < 1.29 is 18.7 Å². The lowest BCUT2D eigenvalue weighted by atomic mass is 10.2. The van der Waals surface area contributed by atoms with E-state index in [4.69, 9.17) is 10.5 Å². The lowest BCUT2D eigenvalue weighted by molar-refractivity contribution is -0.116. The molecular formula is C17H18FN3O3. The molecule has 0 saturated heterocycles. The van der Waals surface area contributed by atoms with Crippen LogP contribution in [0.2, 0.25) is 0 Å². The number of nitrogens with two attached hydrogens (primary N) is 1. The van der Waals surface area contributed by atoms with Gasteiger partial charge < -0.3 is 21.1 Å². The van der Waals surface area contributed by atoms with Gasteiger partial charge in [-0.15, -0.1) is 0 Å². The third kappa shape index (κ3) is 4.30. The number of carbonyl (C=O) groups is 2. The molecule has 0 aliphatic rings. The molecule has 2 aromatic carbocycles. The molecule has 0 heterocycles. The van der Waals surface area contributed by atoms with Gasteiger partial charge in [0.25, 0.3) is 5.91 Å². The summed E-state index contributed by atoms with van der Waals surface area (Å²) < 4.78 is 18.8. The van der Waals surface area contributed by atoms with Crippen LogP contribution in [0.3, 0.4) is 0 Å². The van der Waals surface area contributed by atoms with E-state index in [1.807, 2.05) is 0 Å². The maximum Gasteiger partial charge on any atom is 0.258 e. The Balaban J connectivity index is 2.27. The molecule has 2 rings (SSSR count). The highest BCUT2D eigenvalue weighted by Gasteiger charge is 2.14. The number of nitrogens with one attached hydrogen (secondary N) is 2. The predicted molar refractivity (Wildman–Crippen MR) is 89.6 cm³/mol. The number of carbonyl (C=O) groups excluding carboxylic acids is 2. The molecule has 0 fully saturated rings. The number of ether oxygens (including phenoxy) is 1. The van der Waals surface area contributed by atoms with Crippen molar-refractivity contribution in [3.63, 3.8) is 0 Å². The molecule has 0 radical (unpaired) electrons. The van der Waals surface area contributed by atoms with E-state index in [0.29, 0.717) is 17.1 Å². The van der Waals surface area contributed by atoms with Crippen LogP contribution in [-0.2, 0) is 4.79 Å². The average Bonchev–Trinajstić information content (AvgIpc) is 2.57. The molecular weight excluding hydrogens is 313 g/mol. The predicted octanol–water partition coefficient (Wildman–Crippen LogP) is 2.37. The van der Waals surface area contributed by atoms with Crippen LogP contribution in [-0.4, -0.2) is 25.5 Å². The van der Waals surface area contributed by atoms with Crippen molar-refractivity contribution in [3.8, 4) is 5.75 Å². The Morgan fingerprint density at radius 3 is 2.54 bits per heavy atom. The van der Waals surface area contributed by atoms with Crippen LogP contribution in [0.25, 0.3) is 0 Å². The van der Waals surface area contributed by atoms with E-state index >= 15 is 0 Å². The summed E-state index contributed by atoms with van der Waals surface area (Å²) in [5.41, 5.74) is 5.94. The minimum atomic E-state index is -0.628. The van der Waals surface area contributed by atoms with Crippen LogP contribution >= 0.6 is 0 Å². The Morgan fingerprint density at radius 1 is 1.12 bits per heavy atom. The highest BCUT2D eigenvalue weighted by Crippen LogP contribution is 2.28. The molecule has 7 heteroatoms. The van der Waals surface area contributed by atoms with E-state index < -0.39 is 11.7 Å². The zero-order chi connectivity index (χ0) is 17.5. The summed E-state index contributed by atoms with van der Waals surface area (Å²) in [6.45, 7) is 0.201. The van der Waals surface area contributed by atoms with E-state index in [1.54, 1.807) is 24.3 Å². The maximum absolute atomic E-state index is 13.7. The fourth-order valence-electron chi connectivity index (χ4n) is 2.04. The molecule has 0 saturated carbocycles. The molecule has 0 aliphatic carbocycles. The molecule has 0 atom stereocenters. The lowest BCUT2D eigenvalue weighted by Gasteiger charge is -2.14. The fraction of sp³-hybridized carbons (Fsp3) is 0.176. The van der Waals surface area contributed by atoms with Gasteiger partial charge in [-0.25, -0.2) is 4.39 Å². The van der Waals surface area contributed by atoms with Gasteiger partial charge in [-0.1, -0.05) is 12.1 Å². The van der Waals surface area contributed by atoms with Gasteiger partial charge >= 0.3 is 0 Å². The van der Waals surface area contributed by atoms with Crippen LogP contribution < -0.4 is 21.1 Å². The smallest absolute Gasteiger partial charge is 0.258 e. The topological polar surface area (TPSA) is 93.5 Å². The van der Waals surface area contributed by atoms with Crippen molar-refractivity contribution in [1.82, 2.24) is 0 Å². The maximum atomic E-state index is 13.7. The molecule has 6 nitrogen and oxygen atoms in total. The number of methoxy groups -OCH3 is 1. The Kier molecular flexibility index (Phi) is 5.86. The quantitative estimate of drug-likeness (QED) is 0.757. The van der Waals surface area contributed by atoms with Gasteiger partial charge in [-0.05, 0) is 24.3 Å². The standard InChI is InChI=1S/C17H18FN3O3/c1-24-11-6-7-14(15(10-11)20-16(22)8-9-19)21-17(23)12-4-2-3-5-13(12)18/h2-7,10H,8-9,19H2,1H3,(H,20,22)(H,21,23). The van der Waals surface area contributed by atoms with Gasteiger partial charge in [0.05, 0.1) is 24.0 Å². The van der Waals surface area contributed by atoms with Crippen molar-refractivity contribution in [1.29, 1.82) is 0 Å². The summed E-state index contributed by atoms with van der Waals surface area (Å²) in [4.78, 5) is 24.0. The Bertz CT molecular complexity index is 750. The second-order valence-corrected chi connectivity index (χ2v) is 4.93. The van der Waals surface area contributed by atoms with Gasteiger partial charge in [-0.3, -0.25) is 9.59 Å². The van der Waals surface area contributed by atoms with Crippen molar-refractivity contribution >= 4 is 23.2 Å². The van der Waals surface area contributed by atoms with Crippen LogP contribution in [0.4, 0.5) is 15.8 Å². The number of halogens is 1. The number of rotatable bonds is 6. The summed E-state index contributed by atoms with van der Waals surface area (Å²) in [5, 5.41) is 5.24. The highest BCUT2D eigenvalue weighted by atomic mass is 19.1. The van der Waals surface area contributed by atoms with E-state index in [1.165, 1.54) is 25.3 Å². The van der Waals surface area contributed by atoms with Gasteiger partial charge in [0.2, 0.25) is 5.91 Å². The van der Waals surface area contributed by atoms with E-state index in [2.05, 4.69) is 10.6 Å². The number of amides is 2. The van der Waals surface area contributed by atoms with Crippen LogP contribution in [0, 0.1) is 5.82 Å². The first-order valence-corrected chi connectivity index (χ1v) is 7.29. The molecule has 2 amide bonds. The SMILES string of the molecule is COc1ccc(NC(=O)c2ccccc2F)c(NC(=O)CCN)c1. The summed E-state index contributed by atoms with van der Waals surface area (Å²) in [6, 6.07) is 10.4. The largest absolute Gasteiger partial charge is 0.497 e. The second-order valence-electron chi connectivity index (χ2n) is 4.93. The molecule has 0 unspecified atom stereocenters. The Morgan fingerprint density at radius 2 is 1.88 bits per heavy atom. The van der Waals surface area contributed by atoms with E-state index in [-0.39, 0.29) is 24.4 Å². The molecule has 126 valence electrons. The summed E-state index contributed by atoms with van der Waals surface area (Å²) in [5.74, 6) is -1.04. The zero-order valence-corrected chi connectivity index (χ0v) is 13.1. The summed E-state index contributed by atoms with van der Waals surface area (Å²) in [7, 11) is 1.48. The molecule has 0 spiro atoms. The molecule has 2 aromatic rings. The molecule has 4 N–H and O–H groups in total. The van der Waals surface area contributed by atoms with Crippen molar-refractivity contribution in [2.75, 3.05) is 24.3 Å². The fourth-order valence-corrected chi connectivity index (χ4v) is 2.04. The van der Waals surface area contributed by atoms with Gasteiger partial charge in [-0.2, -0.15) is 0 Å². The van der Waals surface area contributed by atoms with Crippen LogP contribution in [0.5, 0.6) is 5.75 Å². The number of benzene rings is 2. The third-order valence-electron chi connectivity index (χ3n) is 3.24. The number of hydrogen-bond donors (Lipinski definition) is 3. The molecule has 24 heavy (non-hydrogen) atoms. The normalized spacial score (nSPS) is 10.1. The Hall–Kier alpha value is -2.93. The zero-order valence-electron chi connectivity index (χ0n) is 13.1. The summed E-state index contributed by atoms with van der Waals surface area (Å²) >= 11 is 0. The van der Waals surface area contributed by atoms with Crippen molar-refractivity contribution in [2.24, 2.45) is 5.73 Å². The Labute approximate surface area is 138 Å². The van der Waals surface area contributed by atoms with E-state index in [9.17, 15) is 14.0 Å². The van der Waals surface area contributed by atoms with Gasteiger partial charge in [0.1, 0.15) is 11.6 Å². The first-order valence-electron chi connectivity index (χ1n) is 7.29. The monoisotopic (exact) mass is 331 g/mol. The van der Waals surface area contributed by atoms with E-state index in [0.717, 1.165) is 0 Å².